The Bertz CT molecular complexity index is 1370. The van der Waals surface area contributed by atoms with Crippen molar-refractivity contribution in [2.24, 2.45) is 4.99 Å². The van der Waals surface area contributed by atoms with E-state index in [1.807, 2.05) is 23.6 Å². The highest BCUT2D eigenvalue weighted by Crippen LogP contribution is 2.27. The number of methoxy groups -OCH3 is 1. The van der Waals surface area contributed by atoms with E-state index in [4.69, 9.17) is 20.8 Å². The largest absolute Gasteiger partial charge is 0.463 e. The number of hydrogen-bond donors (Lipinski definition) is 0. The van der Waals surface area contributed by atoms with Crippen molar-refractivity contribution >= 4 is 50.0 Å². The van der Waals surface area contributed by atoms with Gasteiger partial charge in [0.1, 0.15) is 17.4 Å². The first kappa shape index (κ1) is 19.6. The lowest BCUT2D eigenvalue weighted by atomic mass is 10.1. The summed E-state index contributed by atoms with van der Waals surface area (Å²) in [4.78, 5) is 30.3. The topological polar surface area (TPSA) is 73.8 Å². The minimum Gasteiger partial charge on any atom is -0.463 e. The zero-order valence-electron chi connectivity index (χ0n) is 15.8. The molecule has 8 heteroatoms. The maximum absolute atomic E-state index is 12.8. The number of carbonyl (C=O) groups is 1. The van der Waals surface area contributed by atoms with Gasteiger partial charge in [0.25, 0.3) is 5.91 Å². The van der Waals surface area contributed by atoms with Gasteiger partial charge in [-0.1, -0.05) is 35.1 Å². The van der Waals surface area contributed by atoms with Crippen LogP contribution in [0.15, 0.2) is 56.9 Å². The molecule has 0 spiro atoms. The molecule has 0 atom stereocenters. The third-order valence-corrected chi connectivity index (χ3v) is 6.11. The second kappa shape index (κ2) is 7.94. The third kappa shape index (κ3) is 3.53. The van der Waals surface area contributed by atoms with Crippen molar-refractivity contribution in [3.63, 3.8) is 0 Å². The average Bonchev–Trinajstić information content (AvgIpc) is 3.07. The van der Waals surface area contributed by atoms with Crippen LogP contribution < -0.4 is 10.2 Å². The van der Waals surface area contributed by atoms with Crippen molar-refractivity contribution < 1.29 is 13.9 Å². The van der Waals surface area contributed by atoms with Crippen LogP contribution in [0.3, 0.4) is 0 Å². The SMILES string of the molecule is COCCn1c(=NC(=O)c2coc3ccccc3c2=O)sc2ccc(Cl)c(C)c21. The molecule has 1 amide bonds. The quantitative estimate of drug-likeness (QED) is 0.489. The van der Waals surface area contributed by atoms with E-state index < -0.39 is 11.3 Å². The maximum atomic E-state index is 12.8. The van der Waals surface area contributed by atoms with Crippen LogP contribution in [-0.4, -0.2) is 24.2 Å². The van der Waals surface area contributed by atoms with E-state index in [0.717, 1.165) is 15.8 Å². The fourth-order valence-electron chi connectivity index (χ4n) is 3.16. The lowest BCUT2D eigenvalue weighted by Gasteiger charge is -2.07. The van der Waals surface area contributed by atoms with Gasteiger partial charge in [0.2, 0.25) is 5.43 Å². The number of halogens is 1. The number of fused-ring (bicyclic) bond motifs is 2. The van der Waals surface area contributed by atoms with Crippen LogP contribution >= 0.6 is 22.9 Å². The number of ether oxygens (including phenoxy) is 1. The molecule has 0 unspecified atom stereocenters. The molecule has 0 aliphatic carbocycles. The standard InChI is InChI=1S/C21H17ClN2O4S/c1-12-15(22)7-8-17-18(12)24(9-10-27-2)21(29-17)23-20(26)14-11-28-16-6-4-3-5-13(16)19(14)25/h3-8,11H,9-10H2,1-2H3. The first-order chi connectivity index (χ1) is 14.0. The molecule has 0 radical (unpaired) electrons. The molecule has 148 valence electrons. The fourth-order valence-corrected chi connectivity index (χ4v) is 4.43. The molecule has 0 aliphatic rings. The van der Waals surface area contributed by atoms with Gasteiger partial charge in [-0.05, 0) is 36.8 Å². The van der Waals surface area contributed by atoms with Gasteiger partial charge in [0.15, 0.2) is 4.80 Å². The highest BCUT2D eigenvalue weighted by molar-refractivity contribution is 7.16. The molecular weight excluding hydrogens is 412 g/mol. The van der Waals surface area contributed by atoms with Gasteiger partial charge in [0, 0.05) is 18.7 Å². The number of amides is 1. The van der Waals surface area contributed by atoms with E-state index in [0.29, 0.717) is 33.9 Å². The molecule has 0 N–H and O–H groups in total. The monoisotopic (exact) mass is 428 g/mol. The van der Waals surface area contributed by atoms with Gasteiger partial charge in [-0.3, -0.25) is 9.59 Å². The third-order valence-electron chi connectivity index (χ3n) is 4.66. The predicted octanol–water partition coefficient (Wildman–Crippen LogP) is 4.16. The molecule has 2 heterocycles. The number of para-hydroxylation sites is 1. The van der Waals surface area contributed by atoms with Crippen LogP contribution in [-0.2, 0) is 11.3 Å². The van der Waals surface area contributed by atoms with Crippen molar-refractivity contribution in [2.45, 2.75) is 13.5 Å². The van der Waals surface area contributed by atoms with Crippen LogP contribution in [0.5, 0.6) is 0 Å². The van der Waals surface area contributed by atoms with Crippen LogP contribution in [0, 0.1) is 6.92 Å². The predicted molar refractivity (Wildman–Crippen MR) is 114 cm³/mol. The number of rotatable bonds is 4. The molecule has 0 saturated carbocycles. The van der Waals surface area contributed by atoms with E-state index in [-0.39, 0.29) is 5.56 Å². The molecule has 6 nitrogen and oxygen atoms in total. The molecule has 2 aromatic heterocycles. The molecule has 0 saturated heterocycles. The summed E-state index contributed by atoms with van der Waals surface area (Å²) in [5.74, 6) is -0.647. The number of nitrogens with zero attached hydrogens (tertiary/aromatic N) is 2. The molecule has 0 aliphatic heterocycles. The molecule has 29 heavy (non-hydrogen) atoms. The Kier molecular flexibility index (Phi) is 5.36. The average molecular weight is 429 g/mol. The smallest absolute Gasteiger partial charge is 0.286 e. The van der Waals surface area contributed by atoms with Crippen LogP contribution in [0.2, 0.25) is 5.02 Å². The van der Waals surface area contributed by atoms with Crippen molar-refractivity contribution in [1.29, 1.82) is 0 Å². The Balaban J connectivity index is 1.90. The minimum atomic E-state index is -0.647. The maximum Gasteiger partial charge on any atom is 0.286 e. The Hall–Kier alpha value is -2.74. The molecule has 4 aromatic rings. The van der Waals surface area contributed by atoms with E-state index in [1.165, 1.54) is 17.6 Å². The minimum absolute atomic E-state index is 0.103. The Labute approximate surface area is 174 Å². The van der Waals surface area contributed by atoms with Crippen molar-refractivity contribution in [1.82, 2.24) is 4.57 Å². The summed E-state index contributed by atoms with van der Waals surface area (Å²) in [5, 5.41) is 0.981. The van der Waals surface area contributed by atoms with Crippen molar-refractivity contribution in [3.05, 3.63) is 73.8 Å². The molecular formula is C21H17ClN2O4S. The number of hydrogen-bond acceptors (Lipinski definition) is 5. The molecule has 4 rings (SSSR count). The summed E-state index contributed by atoms with van der Waals surface area (Å²) in [5.41, 5.74) is 1.72. The van der Waals surface area contributed by atoms with Gasteiger partial charge in [-0.15, -0.1) is 0 Å². The lowest BCUT2D eigenvalue weighted by Crippen LogP contribution is -2.21. The van der Waals surface area contributed by atoms with E-state index in [2.05, 4.69) is 4.99 Å². The van der Waals surface area contributed by atoms with Gasteiger partial charge in [-0.25, -0.2) is 0 Å². The second-order valence-corrected chi connectivity index (χ2v) is 7.86. The number of aromatic nitrogens is 1. The second-order valence-electron chi connectivity index (χ2n) is 6.44. The summed E-state index contributed by atoms with van der Waals surface area (Å²) in [6.07, 6.45) is 1.17. The summed E-state index contributed by atoms with van der Waals surface area (Å²) in [6.45, 7) is 2.86. The van der Waals surface area contributed by atoms with Crippen molar-refractivity contribution in [3.8, 4) is 0 Å². The number of aryl methyl sites for hydroxylation is 1. The molecule has 0 fully saturated rings. The lowest BCUT2D eigenvalue weighted by molar-refractivity contribution is 0.0994. The van der Waals surface area contributed by atoms with Gasteiger partial charge >= 0.3 is 0 Å². The highest BCUT2D eigenvalue weighted by Gasteiger charge is 2.16. The van der Waals surface area contributed by atoms with Crippen LogP contribution in [0.25, 0.3) is 21.2 Å². The van der Waals surface area contributed by atoms with Crippen molar-refractivity contribution in [2.75, 3.05) is 13.7 Å². The molecule has 0 bridgehead atoms. The van der Waals surface area contributed by atoms with Gasteiger partial charge in [-0.2, -0.15) is 4.99 Å². The fraction of sp³-hybridized carbons (Fsp3) is 0.190. The zero-order chi connectivity index (χ0) is 20.5. The molecule has 2 aromatic carbocycles. The summed E-state index contributed by atoms with van der Waals surface area (Å²) in [6, 6.07) is 10.5. The highest BCUT2D eigenvalue weighted by atomic mass is 35.5. The normalized spacial score (nSPS) is 12.2. The Morgan fingerprint density at radius 3 is 2.86 bits per heavy atom. The summed E-state index contributed by atoms with van der Waals surface area (Å²) < 4.78 is 13.5. The first-order valence-electron chi connectivity index (χ1n) is 8.88. The van der Waals surface area contributed by atoms with E-state index >= 15 is 0 Å². The van der Waals surface area contributed by atoms with E-state index in [1.54, 1.807) is 31.4 Å². The first-order valence-corrected chi connectivity index (χ1v) is 10.1. The summed E-state index contributed by atoms with van der Waals surface area (Å²) in [7, 11) is 1.61. The number of carbonyl (C=O) groups excluding carboxylic acids is 1. The zero-order valence-corrected chi connectivity index (χ0v) is 17.3. The van der Waals surface area contributed by atoms with Crippen LogP contribution in [0.4, 0.5) is 0 Å². The number of thiazole rings is 1. The van der Waals surface area contributed by atoms with Gasteiger partial charge in [0.05, 0.1) is 22.2 Å². The summed E-state index contributed by atoms with van der Waals surface area (Å²) >= 11 is 7.65. The van der Waals surface area contributed by atoms with Gasteiger partial charge < -0.3 is 13.7 Å². The number of benzene rings is 2. The Morgan fingerprint density at radius 1 is 1.28 bits per heavy atom. The van der Waals surface area contributed by atoms with Crippen LogP contribution in [0.1, 0.15) is 15.9 Å². The van der Waals surface area contributed by atoms with E-state index in [9.17, 15) is 9.59 Å². The Morgan fingerprint density at radius 2 is 2.07 bits per heavy atom.